The molecule has 1 aliphatic heterocycles. The quantitative estimate of drug-likeness (QED) is 0.610. The number of aromatic nitrogens is 2. The first kappa shape index (κ1) is 14.0. The molecule has 2 heterocycles. The van der Waals surface area contributed by atoms with Crippen molar-refractivity contribution in [3.63, 3.8) is 0 Å². The second-order valence-electron chi connectivity index (χ2n) is 4.39. The van der Waals surface area contributed by atoms with Crippen molar-refractivity contribution < 1.29 is 19.4 Å². The van der Waals surface area contributed by atoms with E-state index in [-0.39, 0.29) is 18.5 Å². The summed E-state index contributed by atoms with van der Waals surface area (Å²) in [6.07, 6.45) is 0.725. The highest BCUT2D eigenvalue weighted by molar-refractivity contribution is 5.96. The highest BCUT2D eigenvalue weighted by Crippen LogP contribution is 2.21. The van der Waals surface area contributed by atoms with E-state index in [2.05, 4.69) is 4.98 Å². The third kappa shape index (κ3) is 2.48. The van der Waals surface area contributed by atoms with Crippen molar-refractivity contribution in [1.82, 2.24) is 14.9 Å². The van der Waals surface area contributed by atoms with Gasteiger partial charge in [-0.15, -0.1) is 0 Å². The average molecular weight is 283 g/mol. The van der Waals surface area contributed by atoms with Gasteiger partial charge in [0.15, 0.2) is 0 Å². The second-order valence-corrected chi connectivity index (χ2v) is 4.39. The van der Waals surface area contributed by atoms with Crippen LogP contribution in [0.3, 0.4) is 0 Å². The van der Waals surface area contributed by atoms with Gasteiger partial charge in [-0.05, 0) is 0 Å². The van der Waals surface area contributed by atoms with E-state index in [1.807, 2.05) is 4.98 Å². The van der Waals surface area contributed by atoms with Gasteiger partial charge in [-0.25, -0.2) is 9.59 Å². The number of carboxylic acids is 1. The minimum Gasteiger partial charge on any atom is -0.480 e. The van der Waals surface area contributed by atoms with Gasteiger partial charge in [0.1, 0.15) is 11.6 Å². The molecular formula is C11H13N3O6. The first-order chi connectivity index (χ1) is 9.43. The lowest BCUT2D eigenvalue weighted by molar-refractivity contribution is -0.141. The van der Waals surface area contributed by atoms with Crippen LogP contribution < -0.4 is 11.2 Å². The van der Waals surface area contributed by atoms with E-state index < -0.39 is 35.3 Å². The van der Waals surface area contributed by atoms with E-state index in [1.54, 1.807) is 0 Å². The predicted molar refractivity (Wildman–Crippen MR) is 65.6 cm³/mol. The molecule has 1 aromatic rings. The molecule has 0 bridgehead atoms. The lowest BCUT2D eigenvalue weighted by Crippen LogP contribution is -2.43. The van der Waals surface area contributed by atoms with E-state index >= 15 is 0 Å². The Kier molecular flexibility index (Phi) is 3.70. The summed E-state index contributed by atoms with van der Waals surface area (Å²) in [7, 11) is 1.42. The summed E-state index contributed by atoms with van der Waals surface area (Å²) in [6.45, 7) is 0.0743. The van der Waals surface area contributed by atoms with Crippen LogP contribution in [0.15, 0.2) is 15.8 Å². The zero-order chi connectivity index (χ0) is 14.9. The van der Waals surface area contributed by atoms with Gasteiger partial charge in [0, 0.05) is 26.3 Å². The van der Waals surface area contributed by atoms with Crippen molar-refractivity contribution in [2.24, 2.45) is 0 Å². The number of rotatable bonds is 3. The molecule has 2 unspecified atom stereocenters. The van der Waals surface area contributed by atoms with Crippen LogP contribution in [-0.4, -0.2) is 57.7 Å². The zero-order valence-electron chi connectivity index (χ0n) is 10.6. The van der Waals surface area contributed by atoms with Crippen LogP contribution in [-0.2, 0) is 9.53 Å². The number of carbonyl (C=O) groups excluding carboxylic acids is 1. The number of ether oxygens (including phenoxy) is 1. The molecule has 0 radical (unpaired) electrons. The molecule has 3 N–H and O–H groups in total. The Morgan fingerprint density at radius 1 is 1.45 bits per heavy atom. The molecule has 9 nitrogen and oxygen atoms in total. The van der Waals surface area contributed by atoms with Crippen LogP contribution in [0.1, 0.15) is 16.8 Å². The largest absolute Gasteiger partial charge is 0.480 e. The van der Waals surface area contributed by atoms with Crippen molar-refractivity contribution in [3.05, 3.63) is 32.6 Å². The summed E-state index contributed by atoms with van der Waals surface area (Å²) in [4.78, 5) is 51.0. The Labute approximate surface area is 112 Å². The maximum Gasteiger partial charge on any atom is 0.326 e. The maximum atomic E-state index is 12.2. The van der Waals surface area contributed by atoms with Crippen molar-refractivity contribution in [2.45, 2.75) is 18.6 Å². The molecule has 2 atom stereocenters. The summed E-state index contributed by atoms with van der Waals surface area (Å²) in [5.41, 5.74) is -1.91. The van der Waals surface area contributed by atoms with E-state index in [9.17, 15) is 19.2 Å². The molecule has 1 aromatic heterocycles. The van der Waals surface area contributed by atoms with E-state index in [0.717, 1.165) is 11.1 Å². The standard InChI is InChI=1S/C11H13N3O6/c1-20-5-2-7(10(17)18)14(4-5)9(16)6-3-12-11(19)13-8(6)15/h3,5,7H,2,4H2,1H3,(H,17,18)(H2,12,13,15,19). The third-order valence-corrected chi connectivity index (χ3v) is 3.19. The summed E-state index contributed by atoms with van der Waals surface area (Å²) < 4.78 is 5.06. The van der Waals surface area contributed by atoms with Gasteiger partial charge in [0.2, 0.25) is 0 Å². The van der Waals surface area contributed by atoms with Crippen LogP contribution >= 0.6 is 0 Å². The number of hydrogen-bond acceptors (Lipinski definition) is 5. The summed E-state index contributed by atoms with van der Waals surface area (Å²) >= 11 is 0. The van der Waals surface area contributed by atoms with Gasteiger partial charge in [-0.1, -0.05) is 0 Å². The Bertz CT molecular complexity index is 648. The molecule has 0 saturated carbocycles. The topological polar surface area (TPSA) is 133 Å². The van der Waals surface area contributed by atoms with Crippen LogP contribution in [0.4, 0.5) is 0 Å². The van der Waals surface area contributed by atoms with Crippen LogP contribution in [0.2, 0.25) is 0 Å². The van der Waals surface area contributed by atoms with Gasteiger partial charge >= 0.3 is 11.7 Å². The van der Waals surface area contributed by atoms with E-state index in [4.69, 9.17) is 9.84 Å². The molecule has 9 heteroatoms. The molecule has 1 saturated heterocycles. The SMILES string of the molecule is COC1CC(C(=O)O)N(C(=O)c2c[nH]c(=O)[nH]c2=O)C1. The molecule has 108 valence electrons. The van der Waals surface area contributed by atoms with Gasteiger partial charge in [-0.2, -0.15) is 0 Å². The normalized spacial score (nSPS) is 21.9. The number of likely N-dealkylation sites (tertiary alicyclic amines) is 1. The fourth-order valence-electron chi connectivity index (χ4n) is 2.15. The molecule has 0 aromatic carbocycles. The van der Waals surface area contributed by atoms with Crippen LogP contribution in [0.25, 0.3) is 0 Å². The van der Waals surface area contributed by atoms with Crippen LogP contribution in [0, 0.1) is 0 Å². The monoisotopic (exact) mass is 283 g/mol. The summed E-state index contributed by atoms with van der Waals surface area (Å²) in [6, 6.07) is -1.06. The van der Waals surface area contributed by atoms with Crippen LogP contribution in [0.5, 0.6) is 0 Å². The minimum absolute atomic E-state index is 0.0743. The number of H-pyrrole nitrogens is 2. The maximum absolute atomic E-state index is 12.2. The summed E-state index contributed by atoms with van der Waals surface area (Å²) in [5.74, 6) is -1.92. The fourth-order valence-corrected chi connectivity index (χ4v) is 2.15. The number of methoxy groups -OCH3 is 1. The molecule has 1 aliphatic rings. The first-order valence-corrected chi connectivity index (χ1v) is 5.82. The highest BCUT2D eigenvalue weighted by Gasteiger charge is 2.40. The van der Waals surface area contributed by atoms with Crippen molar-refractivity contribution >= 4 is 11.9 Å². The number of carbonyl (C=O) groups is 2. The Morgan fingerprint density at radius 3 is 2.70 bits per heavy atom. The molecule has 0 spiro atoms. The van der Waals surface area contributed by atoms with Crippen molar-refractivity contribution in [1.29, 1.82) is 0 Å². The number of amides is 1. The van der Waals surface area contributed by atoms with E-state index in [1.165, 1.54) is 7.11 Å². The van der Waals surface area contributed by atoms with Crippen molar-refractivity contribution in [2.75, 3.05) is 13.7 Å². The minimum atomic E-state index is -1.17. The lowest BCUT2D eigenvalue weighted by Gasteiger charge is -2.20. The van der Waals surface area contributed by atoms with Gasteiger partial charge in [0.25, 0.3) is 11.5 Å². The third-order valence-electron chi connectivity index (χ3n) is 3.19. The Hall–Kier alpha value is -2.42. The zero-order valence-corrected chi connectivity index (χ0v) is 10.6. The molecule has 0 aliphatic carbocycles. The number of hydrogen-bond donors (Lipinski definition) is 3. The summed E-state index contributed by atoms with van der Waals surface area (Å²) in [5, 5.41) is 9.11. The van der Waals surface area contributed by atoms with Gasteiger partial charge in [-0.3, -0.25) is 14.6 Å². The predicted octanol–water partition coefficient (Wildman–Crippen LogP) is -1.62. The number of carboxylic acid groups (broad SMARTS) is 1. The Morgan fingerprint density at radius 2 is 2.15 bits per heavy atom. The lowest BCUT2D eigenvalue weighted by atomic mass is 10.2. The first-order valence-electron chi connectivity index (χ1n) is 5.82. The van der Waals surface area contributed by atoms with Gasteiger partial charge < -0.3 is 19.7 Å². The number of nitrogens with zero attached hydrogens (tertiary/aromatic N) is 1. The highest BCUT2D eigenvalue weighted by atomic mass is 16.5. The number of nitrogens with one attached hydrogen (secondary N) is 2. The molecule has 1 amide bonds. The smallest absolute Gasteiger partial charge is 0.326 e. The molecule has 20 heavy (non-hydrogen) atoms. The molecular weight excluding hydrogens is 270 g/mol. The molecule has 2 rings (SSSR count). The fraction of sp³-hybridized carbons (Fsp3) is 0.455. The molecule has 1 fully saturated rings. The number of aliphatic carboxylic acids is 1. The van der Waals surface area contributed by atoms with Crippen molar-refractivity contribution in [3.8, 4) is 0 Å². The average Bonchev–Trinajstić information content (AvgIpc) is 2.82. The van der Waals surface area contributed by atoms with E-state index in [0.29, 0.717) is 0 Å². The second kappa shape index (κ2) is 5.29. The Balaban J connectivity index is 2.34. The van der Waals surface area contributed by atoms with Gasteiger partial charge in [0.05, 0.1) is 6.10 Å². The number of aromatic amines is 2.